The van der Waals surface area contributed by atoms with Gasteiger partial charge in [-0.1, -0.05) is 44.2 Å². The van der Waals surface area contributed by atoms with Crippen LogP contribution < -0.4 is 4.57 Å². The second-order valence-corrected chi connectivity index (χ2v) is 7.53. The first-order valence-corrected chi connectivity index (χ1v) is 8.65. The van der Waals surface area contributed by atoms with E-state index < -0.39 is 11.6 Å². The highest BCUT2D eigenvalue weighted by Gasteiger charge is 2.47. The maximum absolute atomic E-state index is 13.4. The van der Waals surface area contributed by atoms with Gasteiger partial charge < -0.3 is 0 Å². The third-order valence-corrected chi connectivity index (χ3v) is 5.07. The zero-order chi connectivity index (χ0) is 19.1. The summed E-state index contributed by atoms with van der Waals surface area (Å²) < 4.78 is 42.2. The normalized spacial score (nSPS) is 12.6. The number of benzene rings is 2. The Hall–Kier alpha value is -2.36. The highest BCUT2D eigenvalue weighted by atomic mass is 19.4. The number of fused-ring (bicyclic) bond motifs is 1. The number of hydrogen-bond donors (Lipinski definition) is 0. The van der Waals surface area contributed by atoms with Crippen molar-refractivity contribution in [1.82, 2.24) is 0 Å². The second kappa shape index (κ2) is 6.42. The molecular formula is C22H23F3N+. The summed E-state index contributed by atoms with van der Waals surface area (Å²) >= 11 is 0. The Morgan fingerprint density at radius 3 is 2.23 bits per heavy atom. The molecule has 0 spiro atoms. The fourth-order valence-electron chi connectivity index (χ4n) is 3.37. The van der Waals surface area contributed by atoms with Crippen LogP contribution in [0.1, 0.15) is 25.0 Å². The minimum Gasteiger partial charge on any atom is -0.200 e. The first-order chi connectivity index (χ1) is 12.1. The molecule has 0 radical (unpaired) electrons. The number of aryl methyl sites for hydroxylation is 2. The van der Waals surface area contributed by atoms with Crippen molar-refractivity contribution in [2.24, 2.45) is 12.5 Å². The highest BCUT2D eigenvalue weighted by molar-refractivity contribution is 5.95. The van der Waals surface area contributed by atoms with Crippen molar-refractivity contribution >= 4 is 10.8 Å². The number of alkyl halides is 3. The predicted octanol–water partition coefficient (Wildman–Crippen LogP) is 5.77. The monoisotopic (exact) mass is 358 g/mol. The van der Waals surface area contributed by atoms with Crippen LogP contribution in [0.25, 0.3) is 22.0 Å². The summed E-state index contributed by atoms with van der Waals surface area (Å²) in [6.45, 7) is 4.57. The van der Waals surface area contributed by atoms with E-state index in [1.807, 2.05) is 61.1 Å². The minimum absolute atomic E-state index is 0.0468. The van der Waals surface area contributed by atoms with Crippen LogP contribution in [0.15, 0.2) is 54.7 Å². The fraction of sp³-hybridized carbons (Fsp3) is 0.318. The smallest absolute Gasteiger partial charge is 0.200 e. The largest absolute Gasteiger partial charge is 0.394 e. The number of nitrogens with zero attached hydrogens (tertiary/aromatic N) is 1. The molecule has 3 rings (SSSR count). The molecule has 1 aromatic heterocycles. The third kappa shape index (κ3) is 3.20. The molecule has 4 heteroatoms. The molecule has 0 N–H and O–H groups in total. The maximum Gasteiger partial charge on any atom is 0.394 e. The molecule has 3 aromatic rings. The van der Waals surface area contributed by atoms with E-state index in [-0.39, 0.29) is 6.42 Å². The molecule has 0 unspecified atom stereocenters. The summed E-state index contributed by atoms with van der Waals surface area (Å²) in [7, 11) is 1.97. The van der Waals surface area contributed by atoms with Crippen LogP contribution in [0.3, 0.4) is 0 Å². The van der Waals surface area contributed by atoms with Crippen molar-refractivity contribution in [1.29, 1.82) is 0 Å². The Morgan fingerprint density at radius 2 is 1.58 bits per heavy atom. The molecule has 1 nitrogen and oxygen atoms in total. The van der Waals surface area contributed by atoms with Gasteiger partial charge in [0, 0.05) is 11.6 Å². The van der Waals surface area contributed by atoms with Crippen LogP contribution in [-0.2, 0) is 13.5 Å². The topological polar surface area (TPSA) is 3.88 Å². The van der Waals surface area contributed by atoms with E-state index in [2.05, 4.69) is 6.07 Å². The number of pyridine rings is 1. The SMILES string of the molecule is Cc1ccccc1-c1c2cccc(CC(C)(C)C(F)(F)F)c2cc[n+]1C. The van der Waals surface area contributed by atoms with Crippen molar-refractivity contribution in [3.05, 3.63) is 65.9 Å². The Labute approximate surface area is 152 Å². The van der Waals surface area contributed by atoms with Gasteiger partial charge in [0.25, 0.3) is 0 Å². The standard InChI is InChI=1S/C22H23F3N/c1-15-8-5-6-10-17(15)20-19-11-7-9-16(18(19)12-13-26(20)4)14-21(2,3)22(23,24)25/h5-13H,14H2,1-4H3/q+1. The lowest BCUT2D eigenvalue weighted by Crippen LogP contribution is -2.34. The van der Waals surface area contributed by atoms with Crippen LogP contribution in [0.4, 0.5) is 13.2 Å². The van der Waals surface area contributed by atoms with Crippen LogP contribution in [-0.4, -0.2) is 6.18 Å². The first kappa shape index (κ1) is 18.4. The molecule has 0 fully saturated rings. The summed E-state index contributed by atoms with van der Waals surface area (Å²) in [6.07, 6.45) is -2.36. The third-order valence-electron chi connectivity index (χ3n) is 5.07. The highest BCUT2D eigenvalue weighted by Crippen LogP contribution is 2.41. The van der Waals surface area contributed by atoms with E-state index in [1.165, 1.54) is 13.8 Å². The van der Waals surface area contributed by atoms with E-state index in [1.54, 1.807) is 6.07 Å². The molecule has 2 aromatic carbocycles. The van der Waals surface area contributed by atoms with Crippen LogP contribution >= 0.6 is 0 Å². The lowest BCUT2D eigenvalue weighted by molar-refractivity contribution is -0.659. The van der Waals surface area contributed by atoms with E-state index >= 15 is 0 Å². The van der Waals surface area contributed by atoms with Crippen LogP contribution in [0.2, 0.25) is 0 Å². The summed E-state index contributed by atoms with van der Waals surface area (Å²) in [5.74, 6) is 0. The Balaban J connectivity index is 2.22. The van der Waals surface area contributed by atoms with Crippen LogP contribution in [0.5, 0.6) is 0 Å². The maximum atomic E-state index is 13.4. The van der Waals surface area contributed by atoms with Gasteiger partial charge >= 0.3 is 6.18 Å². The lowest BCUT2D eigenvalue weighted by Gasteiger charge is -2.28. The van der Waals surface area contributed by atoms with Gasteiger partial charge in [-0.05, 0) is 42.0 Å². The molecule has 136 valence electrons. The second-order valence-electron chi connectivity index (χ2n) is 7.53. The number of rotatable bonds is 3. The summed E-state index contributed by atoms with van der Waals surface area (Å²) in [4.78, 5) is 0. The van der Waals surface area contributed by atoms with Gasteiger partial charge in [0.15, 0.2) is 6.20 Å². The van der Waals surface area contributed by atoms with Crippen molar-refractivity contribution in [2.45, 2.75) is 33.4 Å². The molecule has 26 heavy (non-hydrogen) atoms. The molecule has 0 bridgehead atoms. The summed E-state index contributed by atoms with van der Waals surface area (Å²) in [5, 5.41) is 1.85. The number of hydrogen-bond acceptors (Lipinski definition) is 0. The van der Waals surface area contributed by atoms with Crippen molar-refractivity contribution in [2.75, 3.05) is 0 Å². The molecular weight excluding hydrogens is 335 g/mol. The fourth-order valence-corrected chi connectivity index (χ4v) is 3.37. The predicted molar refractivity (Wildman–Crippen MR) is 98.8 cm³/mol. The molecule has 1 heterocycles. The lowest BCUT2D eigenvalue weighted by atomic mass is 9.83. The average molecular weight is 358 g/mol. The quantitative estimate of drug-likeness (QED) is 0.523. The molecule has 0 aliphatic carbocycles. The van der Waals surface area contributed by atoms with Crippen LogP contribution in [0, 0.1) is 12.3 Å². The Morgan fingerprint density at radius 1 is 0.885 bits per heavy atom. The number of halogens is 3. The van der Waals surface area contributed by atoms with E-state index in [0.29, 0.717) is 0 Å². The van der Waals surface area contributed by atoms with Gasteiger partial charge in [-0.3, -0.25) is 0 Å². The zero-order valence-electron chi connectivity index (χ0n) is 15.5. The van der Waals surface area contributed by atoms with Gasteiger partial charge in [0.1, 0.15) is 7.05 Å². The average Bonchev–Trinajstić information content (AvgIpc) is 2.55. The van der Waals surface area contributed by atoms with Crippen molar-refractivity contribution in [3.63, 3.8) is 0 Å². The molecule has 0 atom stereocenters. The Bertz CT molecular complexity index is 955. The van der Waals surface area contributed by atoms with E-state index in [4.69, 9.17) is 0 Å². The zero-order valence-corrected chi connectivity index (χ0v) is 15.5. The first-order valence-electron chi connectivity index (χ1n) is 8.65. The summed E-state index contributed by atoms with van der Waals surface area (Å²) in [6, 6.07) is 15.6. The Kier molecular flexibility index (Phi) is 4.55. The molecule has 0 aliphatic rings. The van der Waals surface area contributed by atoms with E-state index in [9.17, 15) is 13.2 Å². The van der Waals surface area contributed by atoms with Gasteiger partial charge in [0.05, 0.1) is 10.8 Å². The minimum atomic E-state index is -4.24. The number of aromatic nitrogens is 1. The molecule has 0 aliphatic heterocycles. The van der Waals surface area contributed by atoms with Gasteiger partial charge in [0.2, 0.25) is 5.69 Å². The summed E-state index contributed by atoms with van der Waals surface area (Å²) in [5.41, 5.74) is 2.19. The molecule has 0 saturated heterocycles. The van der Waals surface area contributed by atoms with Gasteiger partial charge in [-0.25, -0.2) is 4.57 Å². The van der Waals surface area contributed by atoms with Crippen molar-refractivity contribution in [3.8, 4) is 11.3 Å². The van der Waals surface area contributed by atoms with Crippen molar-refractivity contribution < 1.29 is 17.7 Å². The van der Waals surface area contributed by atoms with E-state index in [0.717, 1.165) is 33.2 Å². The molecule has 0 saturated carbocycles. The van der Waals surface area contributed by atoms with Gasteiger partial charge in [-0.15, -0.1) is 0 Å². The molecule has 0 amide bonds. The van der Waals surface area contributed by atoms with Gasteiger partial charge in [-0.2, -0.15) is 13.2 Å².